The van der Waals surface area contributed by atoms with Crippen molar-refractivity contribution < 1.29 is 19.0 Å². The Morgan fingerprint density at radius 3 is 1.97 bits per heavy atom. The van der Waals surface area contributed by atoms with E-state index in [9.17, 15) is 0 Å². The smallest absolute Gasteiger partial charge is 0.201 e. The van der Waals surface area contributed by atoms with Crippen molar-refractivity contribution in [3.05, 3.63) is 23.8 Å². The van der Waals surface area contributed by atoms with Gasteiger partial charge in [0.05, 0.1) is 25.9 Å². The molecular weight excluding hydrogens is 392 g/mol. The minimum atomic E-state index is -1.96. The second-order valence-corrected chi connectivity index (χ2v) is 14.8. The molecule has 0 saturated heterocycles. The van der Waals surface area contributed by atoms with Crippen LogP contribution >= 0.6 is 0 Å². The lowest BCUT2D eigenvalue weighted by molar-refractivity contribution is 0.0371. The number of ether oxygens (including phenoxy) is 2. The monoisotopic (exact) mass is 442 g/mol. The van der Waals surface area contributed by atoms with Gasteiger partial charge in [0.15, 0.2) is 0 Å². The molecule has 0 aromatic carbocycles. The molecule has 0 aliphatic heterocycles. The Balaban J connectivity index is 5.21. The molecule has 0 bridgehead atoms. The Labute approximate surface area is 188 Å². The molecule has 0 saturated carbocycles. The zero-order valence-corrected chi connectivity index (χ0v) is 22.2. The minimum Gasteiger partial charge on any atom is -0.410 e. The molecule has 0 spiro atoms. The highest BCUT2D eigenvalue weighted by Crippen LogP contribution is 2.43. The quantitative estimate of drug-likeness (QED) is 0.158. The predicted octanol–water partition coefficient (Wildman–Crippen LogP) is 6.51. The van der Waals surface area contributed by atoms with Gasteiger partial charge in [-0.3, -0.25) is 0 Å². The van der Waals surface area contributed by atoms with Crippen LogP contribution in [0.15, 0.2) is 23.8 Å². The molecule has 0 unspecified atom stereocenters. The summed E-state index contributed by atoms with van der Waals surface area (Å²) in [5.41, 5.74) is 2.75. The first-order valence-corrected chi connectivity index (χ1v) is 14.0. The van der Waals surface area contributed by atoms with Gasteiger partial charge >= 0.3 is 0 Å². The van der Waals surface area contributed by atoms with Crippen LogP contribution in [-0.2, 0) is 13.9 Å². The number of allylic oxidation sites excluding steroid dienone is 2. The average molecular weight is 443 g/mol. The summed E-state index contributed by atoms with van der Waals surface area (Å²) >= 11 is 0. The molecule has 1 N–H and O–H groups in total. The van der Waals surface area contributed by atoms with E-state index >= 15 is 0 Å². The maximum atomic E-state index is 9.16. The highest BCUT2D eigenvalue weighted by molar-refractivity contribution is 6.77. The van der Waals surface area contributed by atoms with Crippen molar-refractivity contribution in [3.8, 4) is 0 Å². The second-order valence-electron chi connectivity index (χ2n) is 9.42. The molecule has 0 amide bonds. The third-order valence-electron chi connectivity index (χ3n) is 5.97. The van der Waals surface area contributed by atoms with Gasteiger partial charge in [0, 0.05) is 13.2 Å². The van der Waals surface area contributed by atoms with E-state index in [0.717, 1.165) is 31.6 Å². The van der Waals surface area contributed by atoms with Crippen LogP contribution < -0.4 is 0 Å². The Hall–Kier alpha value is -0.463. The minimum absolute atomic E-state index is 0.0699. The predicted molar refractivity (Wildman–Crippen MR) is 132 cm³/mol. The Morgan fingerprint density at radius 1 is 0.900 bits per heavy atom. The summed E-state index contributed by atoms with van der Waals surface area (Å²) in [5, 5.41) is 9.16. The van der Waals surface area contributed by atoms with E-state index in [-0.39, 0.29) is 12.7 Å². The lowest BCUT2D eigenvalue weighted by Crippen LogP contribution is -2.50. The first-order valence-electron chi connectivity index (χ1n) is 11.9. The summed E-state index contributed by atoms with van der Waals surface area (Å²) in [7, 11) is -1.96. The van der Waals surface area contributed by atoms with E-state index in [1.165, 1.54) is 0 Å². The normalized spacial score (nSPS) is 15.7. The van der Waals surface area contributed by atoms with Gasteiger partial charge in [-0.1, -0.05) is 72.3 Å². The van der Waals surface area contributed by atoms with Crippen molar-refractivity contribution in [2.45, 2.75) is 97.9 Å². The van der Waals surface area contributed by atoms with E-state index in [1.807, 2.05) is 19.9 Å². The molecular formula is C25H50O4Si. The van der Waals surface area contributed by atoms with Crippen LogP contribution in [0.5, 0.6) is 0 Å². The summed E-state index contributed by atoms with van der Waals surface area (Å²) in [6.07, 6.45) is 8.28. The summed E-state index contributed by atoms with van der Waals surface area (Å²) in [6.45, 7) is 23.2. The fourth-order valence-electron chi connectivity index (χ4n) is 4.41. The van der Waals surface area contributed by atoms with Crippen molar-refractivity contribution in [1.29, 1.82) is 0 Å². The van der Waals surface area contributed by atoms with E-state index in [2.05, 4.69) is 60.6 Å². The Morgan fingerprint density at radius 2 is 1.47 bits per heavy atom. The molecule has 4 nitrogen and oxygen atoms in total. The molecule has 0 aliphatic rings. The van der Waals surface area contributed by atoms with Crippen molar-refractivity contribution in [2.75, 3.05) is 33.0 Å². The van der Waals surface area contributed by atoms with Crippen LogP contribution in [0.3, 0.4) is 0 Å². The van der Waals surface area contributed by atoms with Gasteiger partial charge in [0.1, 0.15) is 0 Å². The summed E-state index contributed by atoms with van der Waals surface area (Å²) in [5.74, 6) is 0.480. The summed E-state index contributed by atoms with van der Waals surface area (Å²) in [4.78, 5) is 0. The molecule has 0 fully saturated rings. The number of hydrogen-bond acceptors (Lipinski definition) is 4. The van der Waals surface area contributed by atoms with Gasteiger partial charge in [0.25, 0.3) is 0 Å². The van der Waals surface area contributed by atoms with Gasteiger partial charge in [-0.25, -0.2) is 0 Å². The molecule has 5 heteroatoms. The standard InChI is InChI=1S/C25H50O4Si/c1-10-27-17-18-28-19-24(9)12-14-25(13-11-23(8)15-16-26)29-30(20(2)3,21(4)5)22(6)7/h11,13,15,20-22,24-26H,10,12,14,16-19H2,1-9H3/b13-11+,23-15-/t24-,25+/m0/s1. The molecule has 0 rings (SSSR count). The Kier molecular flexibility index (Phi) is 16.0. The van der Waals surface area contributed by atoms with E-state index < -0.39 is 8.32 Å². The SMILES string of the molecule is CCOCCOC[C@@H](C)CC[C@@H](/C=C/C(C)=C\CO)O[Si](C(C)C)(C(C)C)C(C)C. The largest absolute Gasteiger partial charge is 0.410 e. The van der Waals surface area contributed by atoms with Crippen molar-refractivity contribution >= 4 is 8.32 Å². The van der Waals surface area contributed by atoms with Crippen LogP contribution in [-0.4, -0.2) is 52.6 Å². The van der Waals surface area contributed by atoms with Gasteiger partial charge in [-0.2, -0.15) is 0 Å². The molecule has 0 aliphatic carbocycles. The highest BCUT2D eigenvalue weighted by Gasteiger charge is 2.46. The zero-order valence-electron chi connectivity index (χ0n) is 21.2. The molecule has 0 aromatic rings. The lowest BCUT2D eigenvalue weighted by Gasteiger charge is -2.44. The van der Waals surface area contributed by atoms with E-state index in [1.54, 1.807) is 0 Å². The highest BCUT2D eigenvalue weighted by atomic mass is 28.4. The third kappa shape index (κ3) is 10.7. The van der Waals surface area contributed by atoms with Crippen LogP contribution in [0.25, 0.3) is 0 Å². The summed E-state index contributed by atoms with van der Waals surface area (Å²) < 4.78 is 18.2. The number of aliphatic hydroxyl groups is 1. The fourth-order valence-corrected chi connectivity index (χ4v) is 9.95. The lowest BCUT2D eigenvalue weighted by atomic mass is 10.0. The molecule has 0 aromatic heterocycles. The number of rotatable bonds is 17. The molecule has 2 atom stereocenters. The van der Waals surface area contributed by atoms with Gasteiger partial charge in [-0.15, -0.1) is 0 Å². The second kappa shape index (κ2) is 16.2. The van der Waals surface area contributed by atoms with Crippen LogP contribution in [0.2, 0.25) is 16.6 Å². The average Bonchev–Trinajstić information content (AvgIpc) is 2.66. The maximum absolute atomic E-state index is 9.16. The van der Waals surface area contributed by atoms with Gasteiger partial charge in [-0.05, 0) is 49.2 Å². The Bertz CT molecular complexity index is 464. The van der Waals surface area contributed by atoms with Gasteiger partial charge in [0.2, 0.25) is 8.32 Å². The fraction of sp³-hybridized carbons (Fsp3) is 0.840. The van der Waals surface area contributed by atoms with Crippen LogP contribution in [0.1, 0.15) is 75.2 Å². The molecule has 0 radical (unpaired) electrons. The van der Waals surface area contributed by atoms with Crippen LogP contribution in [0, 0.1) is 5.92 Å². The zero-order chi connectivity index (χ0) is 23.2. The molecule has 178 valence electrons. The maximum Gasteiger partial charge on any atom is 0.201 e. The van der Waals surface area contributed by atoms with Crippen molar-refractivity contribution in [2.24, 2.45) is 5.92 Å². The molecule has 30 heavy (non-hydrogen) atoms. The first-order chi connectivity index (χ1) is 14.1. The molecule has 0 heterocycles. The third-order valence-corrected chi connectivity index (χ3v) is 12.1. The topological polar surface area (TPSA) is 47.9 Å². The summed E-state index contributed by atoms with van der Waals surface area (Å²) in [6, 6.07) is 0. The van der Waals surface area contributed by atoms with Crippen molar-refractivity contribution in [3.63, 3.8) is 0 Å². The van der Waals surface area contributed by atoms with E-state index in [0.29, 0.717) is 35.8 Å². The number of aliphatic hydroxyl groups excluding tert-OH is 1. The van der Waals surface area contributed by atoms with Crippen molar-refractivity contribution in [1.82, 2.24) is 0 Å². The van der Waals surface area contributed by atoms with Gasteiger partial charge < -0.3 is 19.0 Å². The van der Waals surface area contributed by atoms with Crippen LogP contribution in [0.4, 0.5) is 0 Å². The first kappa shape index (κ1) is 29.5. The number of hydrogen-bond donors (Lipinski definition) is 1. The van der Waals surface area contributed by atoms with E-state index in [4.69, 9.17) is 19.0 Å².